The quantitative estimate of drug-likeness (QED) is 0.364. The van der Waals surface area contributed by atoms with Crippen molar-refractivity contribution in [1.82, 2.24) is 9.55 Å². The molecule has 0 saturated heterocycles. The van der Waals surface area contributed by atoms with Gasteiger partial charge in [-0.1, -0.05) is 6.07 Å². The second-order valence-corrected chi connectivity index (χ2v) is 9.17. The van der Waals surface area contributed by atoms with Crippen LogP contribution in [0.4, 0.5) is 17.6 Å². The largest absolute Gasteiger partial charge is 0.457 e. The van der Waals surface area contributed by atoms with Gasteiger partial charge in [0.25, 0.3) is 0 Å². The van der Waals surface area contributed by atoms with Gasteiger partial charge in [0.15, 0.2) is 9.84 Å². The second kappa shape index (κ2) is 7.63. The Morgan fingerprint density at radius 1 is 0.969 bits per heavy atom. The Morgan fingerprint density at radius 3 is 2.28 bits per heavy atom. The molecular formula is C22H16F4N2O3S. The minimum absolute atomic E-state index is 0.00254. The van der Waals surface area contributed by atoms with Gasteiger partial charge >= 0.3 is 6.18 Å². The number of aryl methyl sites for hydroxylation is 1. The molecule has 1 aromatic heterocycles. The van der Waals surface area contributed by atoms with E-state index in [2.05, 4.69) is 4.98 Å². The number of para-hydroxylation sites is 1. The van der Waals surface area contributed by atoms with Gasteiger partial charge in [-0.05, 0) is 55.5 Å². The third-order valence-corrected chi connectivity index (χ3v) is 5.85. The zero-order valence-electron chi connectivity index (χ0n) is 16.8. The molecule has 5 nitrogen and oxygen atoms in total. The van der Waals surface area contributed by atoms with E-state index in [-0.39, 0.29) is 21.9 Å². The molecule has 0 saturated carbocycles. The molecule has 0 fully saturated rings. The van der Waals surface area contributed by atoms with Crippen molar-refractivity contribution in [2.75, 3.05) is 6.26 Å². The maximum absolute atomic E-state index is 13.8. The first-order chi connectivity index (χ1) is 14.9. The van der Waals surface area contributed by atoms with E-state index < -0.39 is 27.4 Å². The van der Waals surface area contributed by atoms with E-state index in [1.807, 2.05) is 0 Å². The fraction of sp³-hybridized carbons (Fsp3) is 0.136. The van der Waals surface area contributed by atoms with Gasteiger partial charge in [0, 0.05) is 18.0 Å². The Morgan fingerprint density at radius 2 is 1.66 bits per heavy atom. The lowest BCUT2D eigenvalue weighted by Gasteiger charge is -2.11. The highest BCUT2D eigenvalue weighted by atomic mass is 32.2. The molecule has 1 heterocycles. The van der Waals surface area contributed by atoms with Crippen LogP contribution in [0.1, 0.15) is 11.4 Å². The number of imidazole rings is 1. The van der Waals surface area contributed by atoms with Crippen molar-refractivity contribution in [3.63, 3.8) is 0 Å². The number of halogens is 4. The van der Waals surface area contributed by atoms with Gasteiger partial charge in [0.2, 0.25) is 0 Å². The molecule has 0 unspecified atom stereocenters. The van der Waals surface area contributed by atoms with E-state index in [9.17, 15) is 26.0 Å². The molecule has 0 aliphatic rings. The average molecular weight is 464 g/mol. The summed E-state index contributed by atoms with van der Waals surface area (Å²) in [7, 11) is -3.63. The molecule has 0 radical (unpaired) electrons. The zero-order valence-corrected chi connectivity index (χ0v) is 17.6. The number of alkyl halides is 3. The first-order valence-electron chi connectivity index (χ1n) is 9.28. The Bertz CT molecular complexity index is 1430. The van der Waals surface area contributed by atoms with E-state index >= 15 is 0 Å². The van der Waals surface area contributed by atoms with Crippen LogP contribution in [0.5, 0.6) is 11.5 Å². The van der Waals surface area contributed by atoms with E-state index in [1.165, 1.54) is 12.1 Å². The van der Waals surface area contributed by atoms with E-state index in [4.69, 9.17) is 4.74 Å². The summed E-state index contributed by atoms with van der Waals surface area (Å²) in [4.78, 5) is 3.88. The summed E-state index contributed by atoms with van der Waals surface area (Å²) >= 11 is 0. The molecule has 32 heavy (non-hydrogen) atoms. The molecule has 10 heteroatoms. The molecule has 4 rings (SSSR count). The predicted octanol–water partition coefficient (Wildman–Crippen LogP) is 5.69. The van der Waals surface area contributed by atoms with Gasteiger partial charge in [-0.3, -0.25) is 4.57 Å². The van der Waals surface area contributed by atoms with Crippen molar-refractivity contribution in [2.45, 2.75) is 18.0 Å². The van der Waals surface area contributed by atoms with Crippen molar-refractivity contribution in [2.24, 2.45) is 0 Å². The number of nitrogens with zero attached hydrogens (tertiary/aromatic N) is 2. The molecule has 0 atom stereocenters. The number of hydrogen-bond donors (Lipinski definition) is 0. The Kier molecular flexibility index (Phi) is 5.20. The summed E-state index contributed by atoms with van der Waals surface area (Å²) in [5, 5.41) is 0. The van der Waals surface area contributed by atoms with E-state index in [0.29, 0.717) is 17.0 Å². The van der Waals surface area contributed by atoms with Crippen molar-refractivity contribution in [3.05, 3.63) is 77.9 Å². The molecular weight excluding hydrogens is 448 g/mol. The Hall–Kier alpha value is -3.40. The highest BCUT2D eigenvalue weighted by Gasteiger charge is 2.34. The number of rotatable bonds is 4. The lowest BCUT2D eigenvalue weighted by Crippen LogP contribution is -2.05. The average Bonchev–Trinajstić information content (AvgIpc) is 3.02. The van der Waals surface area contributed by atoms with Crippen molar-refractivity contribution in [1.29, 1.82) is 0 Å². The van der Waals surface area contributed by atoms with E-state index in [1.54, 1.807) is 41.8 Å². The first-order valence-corrected chi connectivity index (χ1v) is 11.2. The fourth-order valence-corrected chi connectivity index (χ4v) is 4.04. The SMILES string of the molecule is Cc1nc2c(C(F)(F)F)cccc2n1-c1ccc(Oc2cc(F)cc(S(C)(=O)=O)c2)cc1. The first kappa shape index (κ1) is 21.8. The number of fused-ring (bicyclic) bond motifs is 1. The molecule has 166 valence electrons. The molecule has 0 aliphatic carbocycles. The minimum Gasteiger partial charge on any atom is -0.457 e. The van der Waals surface area contributed by atoms with Crippen molar-refractivity contribution in [3.8, 4) is 17.2 Å². The molecule has 3 aromatic carbocycles. The van der Waals surface area contributed by atoms with Gasteiger partial charge < -0.3 is 4.74 Å². The molecule has 0 N–H and O–H groups in total. The molecule has 0 amide bonds. The maximum Gasteiger partial charge on any atom is 0.418 e. The summed E-state index contributed by atoms with van der Waals surface area (Å²) < 4.78 is 84.3. The van der Waals surface area contributed by atoms with Crippen LogP contribution in [-0.2, 0) is 16.0 Å². The Labute approximate surface area is 180 Å². The van der Waals surface area contributed by atoms with Crippen LogP contribution in [0.3, 0.4) is 0 Å². The van der Waals surface area contributed by atoms with Gasteiger partial charge in [-0.25, -0.2) is 17.8 Å². The van der Waals surface area contributed by atoms with Gasteiger partial charge in [-0.15, -0.1) is 0 Å². The fourth-order valence-electron chi connectivity index (χ4n) is 3.38. The number of hydrogen-bond acceptors (Lipinski definition) is 4. The summed E-state index contributed by atoms with van der Waals surface area (Å²) in [5.74, 6) is -0.108. The summed E-state index contributed by atoms with van der Waals surface area (Å²) in [6.45, 7) is 1.60. The molecule has 0 aliphatic heterocycles. The summed E-state index contributed by atoms with van der Waals surface area (Å²) in [5.41, 5.74) is -0.114. The van der Waals surface area contributed by atoms with Crippen LogP contribution in [0.25, 0.3) is 16.7 Å². The standard InChI is InChI=1S/C22H16F4N2O3S/c1-13-27-21-19(22(24,25)26)4-3-5-20(21)28(13)15-6-8-16(9-7-15)31-17-10-14(23)11-18(12-17)32(2,29)30/h3-12H,1-2H3. The predicted molar refractivity (Wildman–Crippen MR) is 110 cm³/mol. The van der Waals surface area contributed by atoms with Gasteiger partial charge in [-0.2, -0.15) is 13.2 Å². The normalized spacial score (nSPS) is 12.3. The number of ether oxygens (including phenoxy) is 1. The lowest BCUT2D eigenvalue weighted by molar-refractivity contribution is -0.136. The van der Waals surface area contributed by atoms with Crippen LogP contribution in [0.2, 0.25) is 0 Å². The number of benzene rings is 3. The summed E-state index contributed by atoms with van der Waals surface area (Å²) in [6.07, 6.45) is -3.57. The minimum atomic E-state index is -4.53. The monoisotopic (exact) mass is 464 g/mol. The lowest BCUT2D eigenvalue weighted by atomic mass is 10.1. The zero-order chi connectivity index (χ0) is 23.3. The van der Waals surface area contributed by atoms with Crippen LogP contribution >= 0.6 is 0 Å². The molecule has 0 bridgehead atoms. The highest BCUT2D eigenvalue weighted by Crippen LogP contribution is 2.35. The van der Waals surface area contributed by atoms with Crippen LogP contribution in [-0.4, -0.2) is 24.2 Å². The van der Waals surface area contributed by atoms with Crippen molar-refractivity contribution < 1.29 is 30.7 Å². The topological polar surface area (TPSA) is 61.2 Å². The molecule has 4 aromatic rings. The maximum atomic E-state index is 13.8. The third-order valence-electron chi connectivity index (χ3n) is 4.76. The van der Waals surface area contributed by atoms with E-state index in [0.717, 1.165) is 24.5 Å². The third kappa shape index (κ3) is 4.18. The van der Waals surface area contributed by atoms with Crippen LogP contribution in [0.15, 0.2) is 65.6 Å². The van der Waals surface area contributed by atoms with Gasteiger partial charge in [0.1, 0.15) is 28.7 Å². The number of sulfone groups is 1. The number of aromatic nitrogens is 2. The van der Waals surface area contributed by atoms with Crippen LogP contribution < -0.4 is 4.74 Å². The summed E-state index contributed by atoms with van der Waals surface area (Å²) in [6, 6.07) is 13.3. The van der Waals surface area contributed by atoms with Gasteiger partial charge in [0.05, 0.1) is 16.0 Å². The van der Waals surface area contributed by atoms with Crippen molar-refractivity contribution >= 4 is 20.9 Å². The molecule has 0 spiro atoms. The van der Waals surface area contributed by atoms with Crippen LogP contribution in [0, 0.1) is 12.7 Å². The Balaban J connectivity index is 1.69. The smallest absolute Gasteiger partial charge is 0.418 e. The second-order valence-electron chi connectivity index (χ2n) is 7.16. The highest BCUT2D eigenvalue weighted by molar-refractivity contribution is 7.90.